The van der Waals surface area contributed by atoms with Gasteiger partial charge in [-0.15, -0.1) is 0 Å². The van der Waals surface area contributed by atoms with Crippen molar-refractivity contribution in [2.24, 2.45) is 11.7 Å². The fourth-order valence-electron chi connectivity index (χ4n) is 3.26. The van der Waals surface area contributed by atoms with E-state index in [1.54, 1.807) is 0 Å². The van der Waals surface area contributed by atoms with Crippen molar-refractivity contribution in [1.82, 2.24) is 10.2 Å². The van der Waals surface area contributed by atoms with Crippen LogP contribution in [0.15, 0.2) is 30.3 Å². The third-order valence-electron chi connectivity index (χ3n) is 4.92. The van der Waals surface area contributed by atoms with Gasteiger partial charge in [0.05, 0.1) is 0 Å². The van der Waals surface area contributed by atoms with E-state index in [9.17, 15) is 14.4 Å². The zero-order chi connectivity index (χ0) is 18.5. The van der Waals surface area contributed by atoms with Gasteiger partial charge in [-0.3, -0.25) is 14.5 Å². The van der Waals surface area contributed by atoms with E-state index in [0.717, 1.165) is 24.8 Å². The third-order valence-corrected chi connectivity index (χ3v) is 4.92. The normalized spacial score (nSPS) is 20.5. The summed E-state index contributed by atoms with van der Waals surface area (Å²) in [6.07, 6.45) is 3.49. The molecule has 1 saturated heterocycles. The van der Waals surface area contributed by atoms with Crippen LogP contribution in [-0.2, 0) is 20.9 Å². The van der Waals surface area contributed by atoms with Crippen LogP contribution in [0.5, 0.6) is 0 Å². The average molecular weight is 359 g/mol. The van der Waals surface area contributed by atoms with Gasteiger partial charge in [-0.05, 0) is 30.7 Å². The number of nitrogens with zero attached hydrogens (tertiary/aromatic N) is 1. The van der Waals surface area contributed by atoms with Crippen LogP contribution in [0.1, 0.15) is 37.7 Å². The molecule has 2 atom stereocenters. The second kappa shape index (κ2) is 8.21. The van der Waals surface area contributed by atoms with Crippen LogP contribution in [0.3, 0.4) is 0 Å². The van der Waals surface area contributed by atoms with Crippen molar-refractivity contribution in [2.75, 3.05) is 6.54 Å². The lowest BCUT2D eigenvalue weighted by Crippen LogP contribution is -2.52. The Hall–Kier alpha value is -2.57. The van der Waals surface area contributed by atoms with Crippen molar-refractivity contribution in [3.8, 4) is 0 Å². The first-order valence-corrected chi connectivity index (χ1v) is 9.11. The van der Waals surface area contributed by atoms with E-state index in [4.69, 9.17) is 10.5 Å². The zero-order valence-electron chi connectivity index (χ0n) is 14.7. The van der Waals surface area contributed by atoms with Gasteiger partial charge in [-0.2, -0.15) is 0 Å². The number of rotatable bonds is 7. The molecule has 1 aromatic rings. The molecule has 1 saturated carbocycles. The molecule has 0 bridgehead atoms. The van der Waals surface area contributed by atoms with Crippen LogP contribution in [-0.4, -0.2) is 41.4 Å². The Labute approximate surface area is 152 Å². The van der Waals surface area contributed by atoms with Gasteiger partial charge < -0.3 is 15.8 Å². The first-order chi connectivity index (χ1) is 12.5. The first kappa shape index (κ1) is 18.2. The van der Waals surface area contributed by atoms with Crippen molar-refractivity contribution in [3.05, 3.63) is 35.9 Å². The molecule has 3 rings (SSSR count). The fourth-order valence-corrected chi connectivity index (χ4v) is 3.26. The van der Waals surface area contributed by atoms with Crippen LogP contribution in [0, 0.1) is 5.92 Å². The van der Waals surface area contributed by atoms with Gasteiger partial charge in [0.1, 0.15) is 18.7 Å². The zero-order valence-corrected chi connectivity index (χ0v) is 14.7. The summed E-state index contributed by atoms with van der Waals surface area (Å²) in [6, 6.07) is 8.10. The molecule has 0 spiro atoms. The lowest BCUT2D eigenvalue weighted by molar-refractivity contribution is -0.130. The first-order valence-electron chi connectivity index (χ1n) is 9.11. The Morgan fingerprint density at radius 3 is 2.58 bits per heavy atom. The van der Waals surface area contributed by atoms with Crippen molar-refractivity contribution in [1.29, 1.82) is 0 Å². The Bertz CT molecular complexity index is 660. The molecule has 2 aliphatic rings. The molecule has 1 aliphatic heterocycles. The van der Waals surface area contributed by atoms with E-state index >= 15 is 0 Å². The molecule has 1 aliphatic carbocycles. The van der Waals surface area contributed by atoms with E-state index in [2.05, 4.69) is 5.32 Å². The Balaban J connectivity index is 1.54. The molecule has 0 aromatic heterocycles. The monoisotopic (exact) mass is 359 g/mol. The van der Waals surface area contributed by atoms with Gasteiger partial charge in [0.15, 0.2) is 0 Å². The highest BCUT2D eigenvalue weighted by molar-refractivity contribution is 5.91. The molecule has 0 unspecified atom stereocenters. The maximum atomic E-state index is 12.6. The molecule has 3 amide bonds. The second-order valence-corrected chi connectivity index (χ2v) is 7.03. The predicted molar refractivity (Wildman–Crippen MR) is 94.8 cm³/mol. The van der Waals surface area contributed by atoms with E-state index in [1.807, 2.05) is 30.3 Å². The minimum Gasteiger partial charge on any atom is -0.445 e. The van der Waals surface area contributed by atoms with Crippen LogP contribution in [0.25, 0.3) is 0 Å². The molecule has 7 heteroatoms. The van der Waals surface area contributed by atoms with Crippen LogP contribution < -0.4 is 11.1 Å². The highest BCUT2D eigenvalue weighted by atomic mass is 16.6. The summed E-state index contributed by atoms with van der Waals surface area (Å²) in [5.74, 6) is -0.395. The van der Waals surface area contributed by atoms with Gasteiger partial charge in [0, 0.05) is 6.54 Å². The molecular weight excluding hydrogens is 334 g/mol. The Kier molecular flexibility index (Phi) is 5.75. The van der Waals surface area contributed by atoms with Gasteiger partial charge in [0.25, 0.3) is 0 Å². The lowest BCUT2D eigenvalue weighted by atomic mass is 10.1. The quantitative estimate of drug-likeness (QED) is 0.771. The Morgan fingerprint density at radius 2 is 1.92 bits per heavy atom. The number of benzene rings is 1. The van der Waals surface area contributed by atoms with Crippen molar-refractivity contribution >= 4 is 17.9 Å². The summed E-state index contributed by atoms with van der Waals surface area (Å²) in [6.45, 7) is 0.631. The molecule has 26 heavy (non-hydrogen) atoms. The predicted octanol–water partition coefficient (Wildman–Crippen LogP) is 1.56. The summed E-state index contributed by atoms with van der Waals surface area (Å²) >= 11 is 0. The third kappa shape index (κ3) is 4.74. The standard InChI is InChI=1S/C19H25N3O4/c20-17(23)15(11-13-8-9-13)21-18(24)16-7-4-10-22(16)19(25)26-12-14-5-2-1-3-6-14/h1-3,5-6,13,15-16H,4,7-12H2,(H2,20,23)(H,21,24)/t15-,16-/m1/s1. The van der Waals surface area contributed by atoms with Crippen molar-refractivity contribution < 1.29 is 19.1 Å². The molecule has 3 N–H and O–H groups in total. The van der Waals surface area contributed by atoms with Gasteiger partial charge in [-0.25, -0.2) is 4.79 Å². The molecule has 2 fully saturated rings. The highest BCUT2D eigenvalue weighted by Gasteiger charge is 2.37. The summed E-state index contributed by atoms with van der Waals surface area (Å²) in [5, 5.41) is 2.73. The number of carbonyl (C=O) groups is 3. The van der Waals surface area contributed by atoms with E-state index in [1.165, 1.54) is 4.90 Å². The van der Waals surface area contributed by atoms with Gasteiger partial charge in [-0.1, -0.05) is 43.2 Å². The molecule has 140 valence electrons. The maximum absolute atomic E-state index is 12.6. The highest BCUT2D eigenvalue weighted by Crippen LogP contribution is 2.33. The van der Waals surface area contributed by atoms with Crippen LogP contribution in [0.4, 0.5) is 4.79 Å². The number of nitrogens with one attached hydrogen (secondary N) is 1. The lowest BCUT2D eigenvalue weighted by Gasteiger charge is -2.25. The molecule has 1 heterocycles. The maximum Gasteiger partial charge on any atom is 0.410 e. The number of hydrogen-bond acceptors (Lipinski definition) is 4. The van der Waals surface area contributed by atoms with E-state index in [0.29, 0.717) is 25.3 Å². The molecule has 1 aromatic carbocycles. The fraction of sp³-hybridized carbons (Fsp3) is 0.526. The minimum absolute atomic E-state index is 0.163. The SMILES string of the molecule is NC(=O)[C@@H](CC1CC1)NC(=O)[C@H]1CCCN1C(=O)OCc1ccccc1. The molecule has 0 radical (unpaired) electrons. The number of hydrogen-bond donors (Lipinski definition) is 2. The number of carbonyl (C=O) groups excluding carboxylic acids is 3. The van der Waals surface area contributed by atoms with E-state index < -0.39 is 24.1 Å². The largest absolute Gasteiger partial charge is 0.445 e. The average Bonchev–Trinajstić information content (AvgIpc) is 3.31. The summed E-state index contributed by atoms with van der Waals surface area (Å²) in [7, 11) is 0. The van der Waals surface area contributed by atoms with E-state index in [-0.39, 0.29) is 12.5 Å². The van der Waals surface area contributed by atoms with Crippen molar-refractivity contribution in [2.45, 2.75) is 50.8 Å². The molecular formula is C19H25N3O4. The second-order valence-electron chi connectivity index (χ2n) is 7.03. The number of nitrogens with two attached hydrogens (primary N) is 1. The number of amides is 3. The van der Waals surface area contributed by atoms with Crippen LogP contribution >= 0.6 is 0 Å². The topological polar surface area (TPSA) is 102 Å². The summed E-state index contributed by atoms with van der Waals surface area (Å²) < 4.78 is 5.33. The summed E-state index contributed by atoms with van der Waals surface area (Å²) in [5.41, 5.74) is 6.30. The minimum atomic E-state index is -0.669. The number of likely N-dealkylation sites (tertiary alicyclic amines) is 1. The van der Waals surface area contributed by atoms with Gasteiger partial charge in [0.2, 0.25) is 11.8 Å². The van der Waals surface area contributed by atoms with Crippen molar-refractivity contribution in [3.63, 3.8) is 0 Å². The summed E-state index contributed by atoms with van der Waals surface area (Å²) in [4.78, 5) is 38.0. The van der Waals surface area contributed by atoms with Crippen LogP contribution in [0.2, 0.25) is 0 Å². The number of primary amides is 1. The van der Waals surface area contributed by atoms with Gasteiger partial charge >= 0.3 is 6.09 Å². The number of ether oxygens (including phenoxy) is 1. The Morgan fingerprint density at radius 1 is 1.19 bits per heavy atom. The smallest absolute Gasteiger partial charge is 0.410 e. The molecule has 7 nitrogen and oxygen atoms in total.